The van der Waals surface area contributed by atoms with Gasteiger partial charge in [0, 0.05) is 42.6 Å². The van der Waals surface area contributed by atoms with Gasteiger partial charge in [-0.05, 0) is 42.0 Å². The van der Waals surface area contributed by atoms with Crippen molar-refractivity contribution in [2.24, 2.45) is 5.73 Å². The normalized spacial score (nSPS) is 15.9. The second kappa shape index (κ2) is 9.01. The molecule has 4 rings (SSSR count). The summed E-state index contributed by atoms with van der Waals surface area (Å²) in [6, 6.07) is 14.1. The number of nitrogens with zero attached hydrogens (tertiary/aromatic N) is 4. The number of halogens is 1. The molecular weight excluding hydrogens is 418 g/mol. The molecule has 0 aliphatic carbocycles. The molecule has 2 heterocycles. The lowest BCUT2D eigenvalue weighted by Gasteiger charge is -2.24. The largest absolute Gasteiger partial charge is 0.437 e. The summed E-state index contributed by atoms with van der Waals surface area (Å²) in [5.41, 5.74) is 6.87. The third-order valence-electron chi connectivity index (χ3n) is 4.92. The minimum absolute atomic E-state index is 0.0999. The van der Waals surface area contributed by atoms with Gasteiger partial charge >= 0.3 is 6.03 Å². The highest BCUT2D eigenvalue weighted by Gasteiger charge is 2.39. The van der Waals surface area contributed by atoms with Gasteiger partial charge in [-0.3, -0.25) is 14.7 Å². The maximum absolute atomic E-state index is 13.2. The molecule has 8 nitrogen and oxygen atoms in total. The number of hydrogen-bond donors (Lipinski definition) is 1. The Morgan fingerprint density at radius 3 is 2.71 bits per heavy atom. The van der Waals surface area contributed by atoms with Crippen LogP contribution in [0.5, 0.6) is 11.6 Å². The average molecular weight is 438 g/mol. The highest BCUT2D eigenvalue weighted by molar-refractivity contribution is 6.30. The zero-order valence-corrected chi connectivity index (χ0v) is 17.3. The number of hydrogen-bond acceptors (Lipinski definition) is 5. The Hall–Kier alpha value is -3.65. The van der Waals surface area contributed by atoms with Gasteiger partial charge in [0.2, 0.25) is 11.8 Å². The smallest absolute Gasteiger partial charge is 0.325 e. The molecular formula is C22H20ClN5O3. The number of amides is 3. The first-order valence-electron chi connectivity index (χ1n) is 9.67. The number of aromatic nitrogens is 2. The first-order chi connectivity index (χ1) is 15.0. The molecule has 2 N–H and O–H groups in total. The molecule has 3 aromatic rings. The molecule has 1 atom stereocenters. The number of ether oxygens (including phenoxy) is 1. The Morgan fingerprint density at radius 1 is 1.19 bits per heavy atom. The van der Waals surface area contributed by atoms with Gasteiger partial charge in [-0.2, -0.15) is 0 Å². The van der Waals surface area contributed by atoms with Gasteiger partial charge in [0.25, 0.3) is 0 Å². The number of urea groups is 1. The maximum atomic E-state index is 13.2. The second-order valence-electron chi connectivity index (χ2n) is 7.03. The molecule has 1 fully saturated rings. The second-order valence-corrected chi connectivity index (χ2v) is 7.46. The highest BCUT2D eigenvalue weighted by atomic mass is 35.5. The maximum Gasteiger partial charge on any atom is 0.325 e. The van der Waals surface area contributed by atoms with Crippen molar-refractivity contribution in [2.75, 3.05) is 18.0 Å². The summed E-state index contributed by atoms with van der Waals surface area (Å²) in [5, 5.41) is 0.580. The number of primary amides is 1. The topological polar surface area (TPSA) is 102 Å². The van der Waals surface area contributed by atoms with Crippen LogP contribution in [-0.2, 0) is 4.79 Å². The van der Waals surface area contributed by atoms with Crippen molar-refractivity contribution in [3.63, 3.8) is 0 Å². The number of rotatable bonds is 7. The van der Waals surface area contributed by atoms with E-state index in [2.05, 4.69) is 9.97 Å². The van der Waals surface area contributed by atoms with E-state index in [4.69, 9.17) is 22.1 Å². The summed E-state index contributed by atoms with van der Waals surface area (Å²) >= 11 is 6.03. The first kappa shape index (κ1) is 20.6. The van der Waals surface area contributed by atoms with Gasteiger partial charge in [-0.25, -0.2) is 9.78 Å². The van der Waals surface area contributed by atoms with E-state index in [1.54, 1.807) is 46.5 Å². The predicted molar refractivity (Wildman–Crippen MR) is 116 cm³/mol. The summed E-state index contributed by atoms with van der Waals surface area (Å²) in [5.74, 6) is 0.505. The lowest BCUT2D eigenvalue weighted by molar-refractivity contribution is -0.118. The SMILES string of the molecule is NC(=O)CCN1CC(c2cccc(Oc3cnccn3)c2)N(c2ccc(Cl)cc2)C1=O. The number of carbonyl (C=O) groups excluding carboxylic acids is 2. The molecule has 158 valence electrons. The molecule has 31 heavy (non-hydrogen) atoms. The van der Waals surface area contributed by atoms with Crippen LogP contribution >= 0.6 is 11.6 Å². The minimum atomic E-state index is -0.450. The monoisotopic (exact) mass is 437 g/mol. The quantitative estimate of drug-likeness (QED) is 0.606. The Labute approximate surface area is 184 Å². The average Bonchev–Trinajstić information content (AvgIpc) is 3.10. The third kappa shape index (κ3) is 4.75. The molecule has 0 spiro atoms. The van der Waals surface area contributed by atoms with Crippen molar-refractivity contribution in [1.29, 1.82) is 0 Å². The van der Waals surface area contributed by atoms with Crippen LogP contribution in [0.2, 0.25) is 5.02 Å². The van der Waals surface area contributed by atoms with Gasteiger partial charge in [-0.1, -0.05) is 23.7 Å². The number of benzene rings is 2. The minimum Gasteiger partial charge on any atom is -0.437 e. The van der Waals surface area contributed by atoms with E-state index < -0.39 is 5.91 Å². The third-order valence-corrected chi connectivity index (χ3v) is 5.17. The van der Waals surface area contributed by atoms with Crippen LogP contribution in [0.15, 0.2) is 67.1 Å². The van der Waals surface area contributed by atoms with Crippen LogP contribution in [0, 0.1) is 0 Å². The molecule has 0 saturated carbocycles. The molecule has 0 bridgehead atoms. The van der Waals surface area contributed by atoms with E-state index in [9.17, 15) is 9.59 Å². The van der Waals surface area contributed by atoms with Crippen LogP contribution in [0.3, 0.4) is 0 Å². The van der Waals surface area contributed by atoms with E-state index in [-0.39, 0.29) is 25.0 Å². The van der Waals surface area contributed by atoms with Crippen LogP contribution < -0.4 is 15.4 Å². The molecule has 2 aromatic carbocycles. The molecule has 1 aromatic heterocycles. The van der Waals surface area contributed by atoms with Crippen LogP contribution in [0.1, 0.15) is 18.0 Å². The first-order valence-corrected chi connectivity index (χ1v) is 10.0. The fourth-order valence-corrected chi connectivity index (χ4v) is 3.60. The zero-order chi connectivity index (χ0) is 21.8. The number of anilines is 1. The Kier molecular flexibility index (Phi) is 5.99. The Balaban J connectivity index is 1.65. The van der Waals surface area contributed by atoms with Crippen LogP contribution in [0.4, 0.5) is 10.5 Å². The van der Waals surface area contributed by atoms with Crippen molar-refractivity contribution in [2.45, 2.75) is 12.5 Å². The van der Waals surface area contributed by atoms with Gasteiger partial charge in [0.1, 0.15) is 5.75 Å². The Bertz CT molecular complexity index is 1080. The zero-order valence-electron chi connectivity index (χ0n) is 16.5. The van der Waals surface area contributed by atoms with E-state index >= 15 is 0 Å². The Morgan fingerprint density at radius 2 is 2.00 bits per heavy atom. The summed E-state index contributed by atoms with van der Waals surface area (Å²) in [4.78, 5) is 35.9. The van der Waals surface area contributed by atoms with Gasteiger partial charge in [0.05, 0.1) is 12.2 Å². The van der Waals surface area contributed by atoms with E-state index in [0.29, 0.717) is 28.9 Å². The van der Waals surface area contributed by atoms with E-state index in [1.165, 1.54) is 6.20 Å². The standard InChI is InChI=1S/C22H20ClN5O3/c23-16-4-6-17(7-5-16)28-19(14-27(22(28)30)11-8-20(24)29)15-2-1-3-18(12-15)31-21-13-25-9-10-26-21/h1-7,9-10,12-13,19H,8,11,14H2,(H2,24,29). The lowest BCUT2D eigenvalue weighted by Crippen LogP contribution is -2.34. The lowest BCUT2D eigenvalue weighted by atomic mass is 10.1. The molecule has 0 radical (unpaired) electrons. The van der Waals surface area contributed by atoms with Crippen molar-refractivity contribution in [1.82, 2.24) is 14.9 Å². The molecule has 3 amide bonds. The van der Waals surface area contributed by atoms with Crippen molar-refractivity contribution in [3.05, 3.63) is 77.7 Å². The van der Waals surface area contributed by atoms with Crippen LogP contribution in [0.25, 0.3) is 0 Å². The van der Waals surface area contributed by atoms with Crippen LogP contribution in [-0.4, -0.2) is 39.9 Å². The molecule has 1 aliphatic heterocycles. The van der Waals surface area contributed by atoms with Crippen molar-refractivity contribution < 1.29 is 14.3 Å². The van der Waals surface area contributed by atoms with E-state index in [1.807, 2.05) is 24.3 Å². The number of carbonyl (C=O) groups is 2. The fourth-order valence-electron chi connectivity index (χ4n) is 3.48. The summed E-state index contributed by atoms with van der Waals surface area (Å²) in [6.45, 7) is 0.661. The summed E-state index contributed by atoms with van der Waals surface area (Å²) in [7, 11) is 0. The molecule has 1 saturated heterocycles. The van der Waals surface area contributed by atoms with Crippen molar-refractivity contribution >= 4 is 29.2 Å². The number of nitrogens with two attached hydrogens (primary N) is 1. The predicted octanol–water partition coefficient (Wildman–Crippen LogP) is 3.78. The van der Waals surface area contributed by atoms with E-state index in [0.717, 1.165) is 5.56 Å². The molecule has 9 heteroatoms. The van der Waals surface area contributed by atoms with Gasteiger partial charge in [-0.15, -0.1) is 0 Å². The molecule has 1 unspecified atom stereocenters. The van der Waals surface area contributed by atoms with Gasteiger partial charge in [0.15, 0.2) is 0 Å². The summed E-state index contributed by atoms with van der Waals surface area (Å²) < 4.78 is 5.80. The highest BCUT2D eigenvalue weighted by Crippen LogP contribution is 2.36. The van der Waals surface area contributed by atoms with Crippen molar-refractivity contribution in [3.8, 4) is 11.6 Å². The summed E-state index contributed by atoms with van der Waals surface area (Å²) in [6.07, 6.45) is 4.74. The van der Waals surface area contributed by atoms with Gasteiger partial charge < -0.3 is 15.4 Å². The molecule has 1 aliphatic rings. The fraction of sp³-hybridized carbons (Fsp3) is 0.182.